The molecule has 1 N–H and O–H groups in total. The fraction of sp³-hybridized carbons (Fsp3) is 0.143. The number of nitrogens with one attached hydrogen (secondary N) is 1. The van der Waals surface area contributed by atoms with E-state index in [4.69, 9.17) is 23.2 Å². The lowest BCUT2D eigenvalue weighted by molar-refractivity contribution is 0.883. The Kier molecular flexibility index (Phi) is 5.18. The van der Waals surface area contributed by atoms with E-state index in [9.17, 15) is 0 Å². The second-order valence-electron chi connectivity index (χ2n) is 4.16. The van der Waals surface area contributed by atoms with Gasteiger partial charge in [0.05, 0.1) is 10.0 Å². The van der Waals surface area contributed by atoms with Crippen molar-refractivity contribution < 1.29 is 0 Å². The molecule has 1 unspecified atom stereocenters. The number of hydrogen-bond acceptors (Lipinski definition) is 1. The molecule has 0 fully saturated rings. The zero-order valence-electron chi connectivity index (χ0n) is 10.1. The van der Waals surface area contributed by atoms with E-state index in [1.54, 1.807) is 0 Å². The second kappa shape index (κ2) is 6.49. The quantitative estimate of drug-likeness (QED) is 0.579. The van der Waals surface area contributed by atoms with Gasteiger partial charge in [0.15, 0.2) is 0 Å². The zero-order chi connectivity index (χ0) is 14.0. The van der Waals surface area contributed by atoms with Crippen LogP contribution in [-0.4, -0.2) is 0 Å². The van der Waals surface area contributed by atoms with Gasteiger partial charge in [-0.05, 0) is 58.7 Å². The summed E-state index contributed by atoms with van der Waals surface area (Å²) in [5, 5.41) is 4.57. The van der Waals surface area contributed by atoms with Gasteiger partial charge in [0.25, 0.3) is 0 Å². The fourth-order valence-corrected chi connectivity index (χ4v) is 3.17. The molecule has 0 aliphatic heterocycles. The Balaban J connectivity index is 2.20. The topological polar surface area (TPSA) is 12.0 Å². The number of benzene rings is 2. The average Bonchev–Trinajstić information content (AvgIpc) is 2.36. The van der Waals surface area contributed by atoms with Crippen LogP contribution in [0.15, 0.2) is 45.3 Å². The van der Waals surface area contributed by atoms with Crippen molar-refractivity contribution in [3.8, 4) is 0 Å². The van der Waals surface area contributed by atoms with Crippen LogP contribution in [0.3, 0.4) is 0 Å². The van der Waals surface area contributed by atoms with E-state index in [-0.39, 0.29) is 6.04 Å². The molecule has 1 nitrogen and oxygen atoms in total. The van der Waals surface area contributed by atoms with Crippen LogP contribution in [-0.2, 0) is 0 Å². The SMILES string of the molecule is CC(Nc1ccc(Br)cc1Br)c1ccc(Cl)c(Cl)c1. The maximum absolute atomic E-state index is 6.04. The van der Waals surface area contributed by atoms with Gasteiger partial charge < -0.3 is 5.32 Å². The van der Waals surface area contributed by atoms with Crippen molar-refractivity contribution in [2.45, 2.75) is 13.0 Å². The molecule has 2 rings (SSSR count). The molecule has 1 atom stereocenters. The predicted octanol–water partition coefficient (Wildman–Crippen LogP) is 6.69. The lowest BCUT2D eigenvalue weighted by Crippen LogP contribution is -2.07. The van der Waals surface area contributed by atoms with Crippen LogP contribution < -0.4 is 5.32 Å². The predicted molar refractivity (Wildman–Crippen MR) is 90.3 cm³/mol. The summed E-state index contributed by atoms with van der Waals surface area (Å²) in [5.41, 5.74) is 2.12. The normalized spacial score (nSPS) is 12.3. The number of hydrogen-bond donors (Lipinski definition) is 1. The minimum Gasteiger partial charge on any atom is -0.378 e. The molecular formula is C14H11Br2Cl2N. The Labute approximate surface area is 139 Å². The van der Waals surface area contributed by atoms with Crippen molar-refractivity contribution in [1.82, 2.24) is 0 Å². The van der Waals surface area contributed by atoms with Crippen molar-refractivity contribution in [1.29, 1.82) is 0 Å². The number of halogens is 4. The van der Waals surface area contributed by atoms with E-state index in [2.05, 4.69) is 44.1 Å². The van der Waals surface area contributed by atoms with E-state index < -0.39 is 0 Å². The first-order valence-corrected chi connectivity index (χ1v) is 7.98. The maximum atomic E-state index is 6.04. The third-order valence-electron chi connectivity index (χ3n) is 2.75. The molecule has 5 heteroatoms. The van der Waals surface area contributed by atoms with Gasteiger partial charge in [-0.2, -0.15) is 0 Å². The Morgan fingerprint density at radius 3 is 2.37 bits per heavy atom. The molecule has 0 aliphatic rings. The minimum absolute atomic E-state index is 0.132. The first-order valence-electron chi connectivity index (χ1n) is 5.64. The van der Waals surface area contributed by atoms with Crippen molar-refractivity contribution in [3.63, 3.8) is 0 Å². The van der Waals surface area contributed by atoms with E-state index in [1.807, 2.05) is 36.4 Å². The fourth-order valence-electron chi connectivity index (χ4n) is 1.70. The maximum Gasteiger partial charge on any atom is 0.0595 e. The molecule has 0 aromatic heterocycles. The van der Waals surface area contributed by atoms with Gasteiger partial charge in [0.2, 0.25) is 0 Å². The summed E-state index contributed by atoms with van der Waals surface area (Å²) in [6, 6.07) is 11.8. The molecule has 0 amide bonds. The number of anilines is 1. The smallest absolute Gasteiger partial charge is 0.0595 e. The highest BCUT2D eigenvalue weighted by Crippen LogP contribution is 2.31. The average molecular weight is 424 g/mol. The van der Waals surface area contributed by atoms with Crippen molar-refractivity contribution in [2.75, 3.05) is 5.32 Å². The first-order chi connectivity index (χ1) is 8.97. The van der Waals surface area contributed by atoms with Crippen LogP contribution >= 0.6 is 55.1 Å². The summed E-state index contributed by atoms with van der Waals surface area (Å²) in [5.74, 6) is 0. The van der Waals surface area contributed by atoms with Crippen molar-refractivity contribution >= 4 is 60.7 Å². The molecule has 19 heavy (non-hydrogen) atoms. The van der Waals surface area contributed by atoms with Gasteiger partial charge in [0, 0.05) is 20.7 Å². The van der Waals surface area contributed by atoms with Gasteiger partial charge >= 0.3 is 0 Å². The van der Waals surface area contributed by atoms with Crippen LogP contribution in [0.4, 0.5) is 5.69 Å². The molecule has 0 heterocycles. The summed E-state index contributed by atoms with van der Waals surface area (Å²) in [7, 11) is 0. The summed E-state index contributed by atoms with van der Waals surface area (Å²) >= 11 is 18.9. The van der Waals surface area contributed by atoms with Crippen LogP contribution in [0.25, 0.3) is 0 Å². The van der Waals surface area contributed by atoms with E-state index in [0.29, 0.717) is 10.0 Å². The third kappa shape index (κ3) is 3.88. The molecule has 2 aromatic rings. The largest absolute Gasteiger partial charge is 0.378 e. The molecule has 100 valence electrons. The van der Waals surface area contributed by atoms with Crippen LogP contribution in [0, 0.1) is 0 Å². The highest BCUT2D eigenvalue weighted by atomic mass is 79.9. The Bertz CT molecular complexity index is 602. The minimum atomic E-state index is 0.132. The summed E-state index contributed by atoms with van der Waals surface area (Å²) in [4.78, 5) is 0. The molecule has 0 spiro atoms. The third-order valence-corrected chi connectivity index (χ3v) is 4.64. The summed E-state index contributed by atoms with van der Waals surface area (Å²) < 4.78 is 2.04. The molecule has 0 radical (unpaired) electrons. The van der Waals surface area contributed by atoms with Gasteiger partial charge in [-0.1, -0.05) is 45.2 Å². The summed E-state index contributed by atoms with van der Waals surface area (Å²) in [6.45, 7) is 2.08. The van der Waals surface area contributed by atoms with E-state index in [1.165, 1.54) is 0 Å². The molecule has 2 aromatic carbocycles. The molecular weight excluding hydrogens is 413 g/mol. The van der Waals surface area contributed by atoms with Crippen LogP contribution in [0.1, 0.15) is 18.5 Å². The van der Waals surface area contributed by atoms with E-state index in [0.717, 1.165) is 20.2 Å². The lowest BCUT2D eigenvalue weighted by Gasteiger charge is -2.17. The van der Waals surface area contributed by atoms with Crippen LogP contribution in [0.2, 0.25) is 10.0 Å². The van der Waals surface area contributed by atoms with Crippen molar-refractivity contribution in [2.24, 2.45) is 0 Å². The highest BCUT2D eigenvalue weighted by molar-refractivity contribution is 9.11. The number of rotatable bonds is 3. The standard InChI is InChI=1S/C14H11Br2Cl2N/c1-8(9-2-4-12(17)13(18)6-9)19-14-5-3-10(15)7-11(14)16/h2-8,19H,1H3. The van der Waals surface area contributed by atoms with Gasteiger partial charge in [-0.15, -0.1) is 0 Å². The first kappa shape index (κ1) is 15.2. The van der Waals surface area contributed by atoms with Gasteiger partial charge in [-0.25, -0.2) is 0 Å². The monoisotopic (exact) mass is 421 g/mol. The molecule has 0 saturated carbocycles. The van der Waals surface area contributed by atoms with E-state index >= 15 is 0 Å². The van der Waals surface area contributed by atoms with Crippen molar-refractivity contribution in [3.05, 3.63) is 61.0 Å². The van der Waals surface area contributed by atoms with Gasteiger partial charge in [0.1, 0.15) is 0 Å². The van der Waals surface area contributed by atoms with Crippen LogP contribution in [0.5, 0.6) is 0 Å². The Hall–Kier alpha value is -0.220. The van der Waals surface area contributed by atoms with Gasteiger partial charge in [-0.3, -0.25) is 0 Å². The molecule has 0 aliphatic carbocycles. The molecule has 0 bridgehead atoms. The highest BCUT2D eigenvalue weighted by Gasteiger charge is 2.09. The second-order valence-corrected chi connectivity index (χ2v) is 6.75. The zero-order valence-corrected chi connectivity index (χ0v) is 14.7. The Morgan fingerprint density at radius 1 is 1.00 bits per heavy atom. The molecule has 0 saturated heterocycles. The Morgan fingerprint density at radius 2 is 1.74 bits per heavy atom. The summed E-state index contributed by atoms with van der Waals surface area (Å²) in [6.07, 6.45) is 0. The lowest BCUT2D eigenvalue weighted by atomic mass is 10.1.